The molecular formula is C11H19BrN4. The van der Waals surface area contributed by atoms with E-state index in [9.17, 15) is 0 Å². The lowest BCUT2D eigenvalue weighted by Crippen LogP contribution is -2.28. The Balaban J connectivity index is 2.26. The highest BCUT2D eigenvalue weighted by Crippen LogP contribution is 2.33. The minimum atomic E-state index is 0.350. The van der Waals surface area contributed by atoms with Gasteiger partial charge < -0.3 is 11.1 Å². The predicted molar refractivity (Wildman–Crippen MR) is 69.7 cm³/mol. The fraction of sp³-hybridized carbons (Fsp3) is 0.727. The molecule has 0 bridgehead atoms. The number of nitrogens with zero attached hydrogens (tertiary/aromatic N) is 2. The number of unbranched alkanes of at least 4 members (excludes halogenated alkanes) is 1. The van der Waals surface area contributed by atoms with Crippen LogP contribution in [0.1, 0.15) is 37.9 Å². The first-order chi connectivity index (χ1) is 7.77. The SMILES string of the molecule is CCCCc1nn2c(c1Br)NCCC2CN. The number of hydrogen-bond acceptors (Lipinski definition) is 3. The van der Waals surface area contributed by atoms with Crippen molar-refractivity contribution in [2.24, 2.45) is 5.73 Å². The normalized spacial score (nSPS) is 19.3. The largest absolute Gasteiger partial charge is 0.369 e. The number of hydrogen-bond donors (Lipinski definition) is 2. The first-order valence-electron chi connectivity index (χ1n) is 5.98. The molecule has 1 aromatic rings. The van der Waals surface area contributed by atoms with Crippen LogP contribution in [0.2, 0.25) is 0 Å². The van der Waals surface area contributed by atoms with Crippen molar-refractivity contribution in [1.29, 1.82) is 0 Å². The second-order valence-corrected chi connectivity index (χ2v) is 5.06. The zero-order chi connectivity index (χ0) is 11.5. The van der Waals surface area contributed by atoms with E-state index in [2.05, 4.69) is 38.0 Å². The van der Waals surface area contributed by atoms with Gasteiger partial charge in [0.1, 0.15) is 5.82 Å². The molecule has 0 aromatic carbocycles. The number of aromatic nitrogens is 2. The van der Waals surface area contributed by atoms with Gasteiger partial charge in [-0.3, -0.25) is 0 Å². The van der Waals surface area contributed by atoms with E-state index in [1.54, 1.807) is 0 Å². The van der Waals surface area contributed by atoms with E-state index < -0.39 is 0 Å². The Hall–Kier alpha value is -0.550. The van der Waals surface area contributed by atoms with Crippen LogP contribution in [0.5, 0.6) is 0 Å². The van der Waals surface area contributed by atoms with Crippen molar-refractivity contribution in [3.8, 4) is 0 Å². The molecule has 0 spiro atoms. The van der Waals surface area contributed by atoms with Crippen LogP contribution >= 0.6 is 15.9 Å². The summed E-state index contributed by atoms with van der Waals surface area (Å²) in [5, 5.41) is 8.06. The molecule has 4 nitrogen and oxygen atoms in total. The molecule has 1 atom stereocenters. The summed E-state index contributed by atoms with van der Waals surface area (Å²) in [5.74, 6) is 1.10. The highest BCUT2D eigenvalue weighted by molar-refractivity contribution is 9.10. The summed E-state index contributed by atoms with van der Waals surface area (Å²) in [5.41, 5.74) is 6.93. The van der Waals surface area contributed by atoms with Gasteiger partial charge in [0.15, 0.2) is 0 Å². The number of anilines is 1. The molecule has 2 heterocycles. The smallest absolute Gasteiger partial charge is 0.139 e. The highest BCUT2D eigenvalue weighted by atomic mass is 79.9. The molecule has 0 radical (unpaired) electrons. The van der Waals surface area contributed by atoms with Gasteiger partial charge in [-0.1, -0.05) is 13.3 Å². The molecule has 90 valence electrons. The van der Waals surface area contributed by atoms with Crippen molar-refractivity contribution < 1.29 is 0 Å². The fourth-order valence-electron chi connectivity index (χ4n) is 2.09. The molecule has 1 aliphatic heterocycles. The molecule has 2 rings (SSSR count). The summed E-state index contributed by atoms with van der Waals surface area (Å²) in [6.45, 7) is 3.85. The standard InChI is InChI=1S/C11H19BrN4/c1-2-3-4-9-10(12)11-14-6-5-8(7-13)16(11)15-9/h8,14H,2-7,13H2,1H3. The Morgan fingerprint density at radius 3 is 3.12 bits per heavy atom. The Labute approximate surface area is 105 Å². The summed E-state index contributed by atoms with van der Waals surface area (Å²) in [7, 11) is 0. The lowest BCUT2D eigenvalue weighted by atomic mass is 10.2. The maximum atomic E-state index is 5.77. The third kappa shape index (κ3) is 2.11. The van der Waals surface area contributed by atoms with Crippen LogP contribution in [0, 0.1) is 0 Å². The third-order valence-electron chi connectivity index (χ3n) is 3.07. The summed E-state index contributed by atoms with van der Waals surface area (Å²) >= 11 is 3.64. The van der Waals surface area contributed by atoms with Gasteiger partial charge in [0, 0.05) is 13.1 Å². The average Bonchev–Trinajstić information content (AvgIpc) is 2.64. The van der Waals surface area contributed by atoms with Crippen LogP contribution in [-0.2, 0) is 6.42 Å². The van der Waals surface area contributed by atoms with E-state index in [0.717, 1.165) is 35.4 Å². The van der Waals surface area contributed by atoms with E-state index in [1.807, 2.05) is 0 Å². The zero-order valence-corrected chi connectivity index (χ0v) is 11.3. The van der Waals surface area contributed by atoms with Crippen LogP contribution in [0.3, 0.4) is 0 Å². The first-order valence-corrected chi connectivity index (χ1v) is 6.78. The maximum absolute atomic E-state index is 5.77. The highest BCUT2D eigenvalue weighted by Gasteiger charge is 2.24. The van der Waals surface area contributed by atoms with Gasteiger partial charge in [-0.05, 0) is 35.2 Å². The van der Waals surface area contributed by atoms with Crippen molar-refractivity contribution in [2.45, 2.75) is 38.6 Å². The van der Waals surface area contributed by atoms with Crippen LogP contribution in [0.4, 0.5) is 5.82 Å². The van der Waals surface area contributed by atoms with Crippen molar-refractivity contribution in [2.75, 3.05) is 18.4 Å². The minimum Gasteiger partial charge on any atom is -0.369 e. The molecule has 1 unspecified atom stereocenters. The Bertz CT molecular complexity index is 361. The number of rotatable bonds is 4. The minimum absolute atomic E-state index is 0.350. The second kappa shape index (κ2) is 5.19. The molecular weight excluding hydrogens is 268 g/mol. The van der Waals surface area contributed by atoms with E-state index in [1.165, 1.54) is 12.8 Å². The van der Waals surface area contributed by atoms with Crippen molar-refractivity contribution in [3.05, 3.63) is 10.2 Å². The molecule has 0 saturated carbocycles. The Morgan fingerprint density at radius 1 is 1.62 bits per heavy atom. The fourth-order valence-corrected chi connectivity index (χ4v) is 2.68. The molecule has 0 amide bonds. The quantitative estimate of drug-likeness (QED) is 0.893. The van der Waals surface area contributed by atoms with Crippen LogP contribution in [0.15, 0.2) is 4.47 Å². The molecule has 0 fully saturated rings. The van der Waals surface area contributed by atoms with E-state index >= 15 is 0 Å². The van der Waals surface area contributed by atoms with Gasteiger partial charge in [0.25, 0.3) is 0 Å². The topological polar surface area (TPSA) is 55.9 Å². The van der Waals surface area contributed by atoms with Gasteiger partial charge in [-0.15, -0.1) is 0 Å². The van der Waals surface area contributed by atoms with E-state index in [4.69, 9.17) is 5.73 Å². The molecule has 0 saturated heterocycles. The number of nitrogens with two attached hydrogens (primary N) is 1. The van der Waals surface area contributed by atoms with E-state index in [-0.39, 0.29) is 0 Å². The van der Waals surface area contributed by atoms with Gasteiger partial charge in [-0.2, -0.15) is 5.10 Å². The lowest BCUT2D eigenvalue weighted by molar-refractivity contribution is 0.424. The third-order valence-corrected chi connectivity index (χ3v) is 3.91. The molecule has 3 N–H and O–H groups in total. The lowest BCUT2D eigenvalue weighted by Gasteiger charge is -2.24. The maximum Gasteiger partial charge on any atom is 0.139 e. The summed E-state index contributed by atoms with van der Waals surface area (Å²) in [4.78, 5) is 0. The van der Waals surface area contributed by atoms with Gasteiger partial charge in [0.05, 0.1) is 16.2 Å². The van der Waals surface area contributed by atoms with Crippen molar-refractivity contribution in [3.63, 3.8) is 0 Å². The molecule has 16 heavy (non-hydrogen) atoms. The Kier molecular flexibility index (Phi) is 3.86. The van der Waals surface area contributed by atoms with Crippen molar-refractivity contribution in [1.82, 2.24) is 9.78 Å². The van der Waals surface area contributed by atoms with Crippen LogP contribution < -0.4 is 11.1 Å². The zero-order valence-electron chi connectivity index (χ0n) is 9.67. The number of halogens is 1. The molecule has 1 aliphatic rings. The van der Waals surface area contributed by atoms with Crippen molar-refractivity contribution >= 4 is 21.7 Å². The second-order valence-electron chi connectivity index (χ2n) is 4.26. The van der Waals surface area contributed by atoms with Gasteiger partial charge >= 0.3 is 0 Å². The number of nitrogens with one attached hydrogen (secondary N) is 1. The summed E-state index contributed by atoms with van der Waals surface area (Å²) < 4.78 is 3.18. The number of aryl methyl sites for hydroxylation is 1. The number of fused-ring (bicyclic) bond motifs is 1. The summed E-state index contributed by atoms with van der Waals surface area (Å²) in [6.07, 6.45) is 4.48. The predicted octanol–water partition coefficient (Wildman–Crippen LogP) is 2.30. The van der Waals surface area contributed by atoms with Gasteiger partial charge in [0.2, 0.25) is 0 Å². The Morgan fingerprint density at radius 2 is 2.44 bits per heavy atom. The van der Waals surface area contributed by atoms with Crippen LogP contribution in [-0.4, -0.2) is 22.9 Å². The average molecular weight is 287 g/mol. The monoisotopic (exact) mass is 286 g/mol. The summed E-state index contributed by atoms with van der Waals surface area (Å²) in [6, 6.07) is 0.350. The van der Waals surface area contributed by atoms with Crippen LogP contribution in [0.25, 0.3) is 0 Å². The van der Waals surface area contributed by atoms with E-state index in [0.29, 0.717) is 12.6 Å². The van der Waals surface area contributed by atoms with Gasteiger partial charge in [-0.25, -0.2) is 4.68 Å². The molecule has 1 aromatic heterocycles. The molecule has 0 aliphatic carbocycles. The first kappa shape index (κ1) is 11.9. The molecule has 5 heteroatoms.